The van der Waals surface area contributed by atoms with Gasteiger partial charge >= 0.3 is 12.1 Å². The SMILES string of the molecule is O=C(N[C@@H](C(=O)O)c1ccccc1Br)OCC1c2ccccc2-c2ccccc21. The van der Waals surface area contributed by atoms with E-state index in [9.17, 15) is 14.7 Å². The molecule has 0 bridgehead atoms. The van der Waals surface area contributed by atoms with Crippen molar-refractivity contribution in [3.05, 3.63) is 94.0 Å². The number of carboxylic acid groups (broad SMARTS) is 1. The van der Waals surface area contributed by atoms with Gasteiger partial charge in [-0.05, 0) is 33.9 Å². The molecule has 0 aliphatic heterocycles. The molecule has 0 radical (unpaired) electrons. The molecule has 1 aliphatic rings. The van der Waals surface area contributed by atoms with Gasteiger partial charge < -0.3 is 15.2 Å². The van der Waals surface area contributed by atoms with Gasteiger partial charge in [-0.3, -0.25) is 0 Å². The fraction of sp³-hybridized carbons (Fsp3) is 0.130. The van der Waals surface area contributed by atoms with Crippen LogP contribution < -0.4 is 5.32 Å². The number of aliphatic carboxylic acids is 1. The van der Waals surface area contributed by atoms with Crippen LogP contribution in [0.3, 0.4) is 0 Å². The van der Waals surface area contributed by atoms with Crippen LogP contribution in [-0.4, -0.2) is 23.8 Å². The van der Waals surface area contributed by atoms with E-state index in [4.69, 9.17) is 4.74 Å². The minimum absolute atomic E-state index is 0.0834. The Morgan fingerprint density at radius 1 is 0.931 bits per heavy atom. The zero-order valence-electron chi connectivity index (χ0n) is 15.3. The van der Waals surface area contributed by atoms with Crippen LogP contribution in [0.5, 0.6) is 0 Å². The highest BCUT2D eigenvalue weighted by molar-refractivity contribution is 9.10. The predicted molar refractivity (Wildman–Crippen MR) is 113 cm³/mol. The third kappa shape index (κ3) is 3.76. The van der Waals surface area contributed by atoms with Gasteiger partial charge in [-0.15, -0.1) is 0 Å². The van der Waals surface area contributed by atoms with Gasteiger partial charge in [-0.1, -0.05) is 82.7 Å². The lowest BCUT2D eigenvalue weighted by molar-refractivity contribution is -0.139. The highest BCUT2D eigenvalue weighted by atomic mass is 79.9. The molecule has 2 N–H and O–H groups in total. The Kier molecular flexibility index (Phi) is 5.36. The van der Waals surface area contributed by atoms with Gasteiger partial charge in [-0.2, -0.15) is 0 Å². The molecule has 3 aromatic rings. The Bertz CT molecular complexity index is 1040. The van der Waals surface area contributed by atoms with Crippen LogP contribution in [0, 0.1) is 0 Å². The van der Waals surface area contributed by atoms with E-state index in [0.717, 1.165) is 22.3 Å². The molecule has 0 fully saturated rings. The van der Waals surface area contributed by atoms with Gasteiger partial charge in [0.2, 0.25) is 0 Å². The number of alkyl carbamates (subject to hydrolysis) is 1. The van der Waals surface area contributed by atoms with Crippen molar-refractivity contribution in [3.63, 3.8) is 0 Å². The molecular weight excluding hydrogens is 434 g/mol. The number of hydrogen-bond acceptors (Lipinski definition) is 3. The number of benzene rings is 3. The number of ether oxygens (including phenoxy) is 1. The summed E-state index contributed by atoms with van der Waals surface area (Å²) >= 11 is 3.33. The Hall–Kier alpha value is -3.12. The Labute approximate surface area is 176 Å². The third-order valence-corrected chi connectivity index (χ3v) is 5.79. The molecule has 0 aromatic heterocycles. The zero-order chi connectivity index (χ0) is 20.4. The molecule has 0 unspecified atom stereocenters. The van der Waals surface area contributed by atoms with Crippen LogP contribution >= 0.6 is 15.9 Å². The summed E-state index contributed by atoms with van der Waals surface area (Å²) in [5.41, 5.74) is 4.92. The smallest absolute Gasteiger partial charge is 0.408 e. The predicted octanol–water partition coefficient (Wildman–Crippen LogP) is 5.11. The van der Waals surface area contributed by atoms with Gasteiger partial charge in [0.15, 0.2) is 6.04 Å². The lowest BCUT2D eigenvalue weighted by atomic mass is 9.98. The average molecular weight is 452 g/mol. The summed E-state index contributed by atoms with van der Waals surface area (Å²) in [5, 5.41) is 12.0. The van der Waals surface area contributed by atoms with Crippen molar-refractivity contribution in [1.29, 1.82) is 0 Å². The number of hydrogen-bond donors (Lipinski definition) is 2. The number of amides is 1. The second-order valence-electron chi connectivity index (χ2n) is 6.76. The molecular formula is C23H18BrNO4. The van der Waals surface area contributed by atoms with Crippen LogP contribution in [0.2, 0.25) is 0 Å². The molecule has 6 heteroatoms. The maximum atomic E-state index is 12.4. The summed E-state index contributed by atoms with van der Waals surface area (Å²) in [4.78, 5) is 24.1. The van der Waals surface area contributed by atoms with Gasteiger partial charge in [0.1, 0.15) is 6.61 Å². The first-order valence-electron chi connectivity index (χ1n) is 9.15. The van der Waals surface area contributed by atoms with E-state index in [0.29, 0.717) is 10.0 Å². The fourth-order valence-corrected chi connectivity index (χ4v) is 4.25. The second-order valence-corrected chi connectivity index (χ2v) is 7.62. The van der Waals surface area contributed by atoms with Crippen molar-refractivity contribution in [2.45, 2.75) is 12.0 Å². The molecule has 0 saturated carbocycles. The van der Waals surface area contributed by atoms with Crippen molar-refractivity contribution >= 4 is 28.0 Å². The van der Waals surface area contributed by atoms with E-state index in [1.165, 1.54) is 0 Å². The molecule has 4 rings (SSSR count). The van der Waals surface area contributed by atoms with Crippen LogP contribution in [-0.2, 0) is 9.53 Å². The minimum atomic E-state index is -1.21. The second kappa shape index (κ2) is 8.09. The maximum absolute atomic E-state index is 12.4. The first kappa shape index (κ1) is 19.2. The molecule has 146 valence electrons. The van der Waals surface area contributed by atoms with E-state index in [1.54, 1.807) is 24.3 Å². The first-order chi connectivity index (χ1) is 14.1. The van der Waals surface area contributed by atoms with Crippen molar-refractivity contribution < 1.29 is 19.4 Å². The van der Waals surface area contributed by atoms with E-state index in [-0.39, 0.29) is 12.5 Å². The van der Waals surface area contributed by atoms with Gasteiger partial charge in [0.05, 0.1) is 0 Å². The molecule has 29 heavy (non-hydrogen) atoms. The normalized spacial score (nSPS) is 13.3. The number of halogens is 1. The van der Waals surface area contributed by atoms with Crippen molar-refractivity contribution in [2.75, 3.05) is 6.61 Å². The standard InChI is InChI=1S/C23H18BrNO4/c24-20-12-6-5-11-18(20)21(22(26)27)25-23(28)29-13-19-16-9-3-1-7-14(16)15-8-2-4-10-17(15)19/h1-12,19,21H,13H2,(H,25,28)(H,26,27)/t21-/m1/s1. The molecule has 5 nitrogen and oxygen atoms in total. The number of nitrogens with one attached hydrogen (secondary N) is 1. The summed E-state index contributed by atoms with van der Waals surface area (Å²) in [7, 11) is 0. The number of fused-ring (bicyclic) bond motifs is 3. The average Bonchev–Trinajstić information content (AvgIpc) is 3.05. The molecule has 3 aromatic carbocycles. The summed E-state index contributed by atoms with van der Waals surface area (Å²) in [5.74, 6) is -1.25. The Morgan fingerprint density at radius 3 is 2.07 bits per heavy atom. The van der Waals surface area contributed by atoms with E-state index >= 15 is 0 Å². The van der Waals surface area contributed by atoms with Gasteiger partial charge in [0.25, 0.3) is 0 Å². The number of rotatable bonds is 5. The summed E-state index contributed by atoms with van der Waals surface area (Å²) in [6.07, 6.45) is -0.769. The summed E-state index contributed by atoms with van der Waals surface area (Å²) < 4.78 is 6.06. The van der Waals surface area contributed by atoms with E-state index < -0.39 is 18.1 Å². The fourth-order valence-electron chi connectivity index (χ4n) is 3.74. The monoisotopic (exact) mass is 451 g/mol. The van der Waals surface area contributed by atoms with E-state index in [2.05, 4.69) is 33.4 Å². The Morgan fingerprint density at radius 2 is 1.48 bits per heavy atom. The molecule has 1 atom stereocenters. The zero-order valence-corrected chi connectivity index (χ0v) is 16.9. The van der Waals surface area contributed by atoms with Crippen molar-refractivity contribution in [3.8, 4) is 11.1 Å². The lowest BCUT2D eigenvalue weighted by Crippen LogP contribution is -2.35. The largest absolute Gasteiger partial charge is 0.479 e. The number of carbonyl (C=O) groups excluding carboxylic acids is 1. The van der Waals surface area contributed by atoms with E-state index in [1.807, 2.05) is 36.4 Å². The molecule has 0 saturated heterocycles. The highest BCUT2D eigenvalue weighted by Gasteiger charge is 2.30. The summed E-state index contributed by atoms with van der Waals surface area (Å²) in [6, 6.07) is 21.7. The highest BCUT2D eigenvalue weighted by Crippen LogP contribution is 2.44. The lowest BCUT2D eigenvalue weighted by Gasteiger charge is -2.18. The summed E-state index contributed by atoms with van der Waals surface area (Å²) in [6.45, 7) is 0.127. The minimum Gasteiger partial charge on any atom is -0.479 e. The van der Waals surface area contributed by atoms with Crippen LogP contribution in [0.4, 0.5) is 4.79 Å². The van der Waals surface area contributed by atoms with Crippen molar-refractivity contribution in [1.82, 2.24) is 5.32 Å². The molecule has 0 heterocycles. The van der Waals surface area contributed by atoms with Crippen LogP contribution in [0.25, 0.3) is 11.1 Å². The van der Waals surface area contributed by atoms with Gasteiger partial charge in [0, 0.05) is 10.4 Å². The number of carboxylic acids is 1. The first-order valence-corrected chi connectivity index (χ1v) is 9.94. The topological polar surface area (TPSA) is 75.6 Å². The molecule has 1 amide bonds. The van der Waals surface area contributed by atoms with Crippen LogP contribution in [0.1, 0.15) is 28.7 Å². The molecule has 0 spiro atoms. The Balaban J connectivity index is 1.50. The van der Waals surface area contributed by atoms with Gasteiger partial charge in [-0.25, -0.2) is 9.59 Å². The number of carbonyl (C=O) groups is 2. The molecule has 1 aliphatic carbocycles. The third-order valence-electron chi connectivity index (χ3n) is 5.07. The van der Waals surface area contributed by atoms with Crippen LogP contribution in [0.15, 0.2) is 77.3 Å². The maximum Gasteiger partial charge on any atom is 0.408 e. The quantitative estimate of drug-likeness (QED) is 0.564. The van der Waals surface area contributed by atoms with Crippen molar-refractivity contribution in [2.24, 2.45) is 0 Å².